The van der Waals surface area contributed by atoms with Crippen molar-refractivity contribution in [1.82, 2.24) is 47.9 Å². The molecule has 4 saturated carbocycles. The van der Waals surface area contributed by atoms with Crippen molar-refractivity contribution >= 4 is 77.5 Å². The minimum absolute atomic E-state index is 0.00882. The summed E-state index contributed by atoms with van der Waals surface area (Å²) < 4.78 is 0. The Kier molecular flexibility index (Phi) is 66.8. The molecule has 4 aliphatic rings. The maximum Gasteiger partial charge on any atom is 0.317 e. The van der Waals surface area contributed by atoms with Gasteiger partial charge in [-0.15, -0.1) is 0 Å². The average molecular weight is 1390 g/mol. The lowest BCUT2D eigenvalue weighted by Gasteiger charge is -2.25. The van der Waals surface area contributed by atoms with Crippen molar-refractivity contribution in [3.63, 3.8) is 0 Å². The molecular formula is C62H111N11O24. The van der Waals surface area contributed by atoms with Gasteiger partial charge in [0, 0.05) is 50.2 Å². The normalized spacial score (nSPS) is 14.6. The zero-order valence-corrected chi connectivity index (χ0v) is 55.7. The van der Waals surface area contributed by atoms with Crippen molar-refractivity contribution in [1.29, 1.82) is 0 Å². The molecule has 35 nitrogen and oxygen atoms in total. The van der Waals surface area contributed by atoms with Gasteiger partial charge in [0.15, 0.2) is 0 Å². The van der Waals surface area contributed by atoms with Crippen LogP contribution in [0.2, 0.25) is 0 Å². The molecule has 97 heavy (non-hydrogen) atoms. The van der Waals surface area contributed by atoms with E-state index in [1.54, 1.807) is 0 Å². The average Bonchev–Trinajstić information content (AvgIpc) is 2.10. The number of carboxylic acid groups (broad SMARTS) is 11. The number of rotatable bonds is 34. The smallest absolute Gasteiger partial charge is 0.317 e. The van der Waals surface area contributed by atoms with E-state index in [2.05, 4.69) is 53.6 Å². The highest BCUT2D eigenvalue weighted by Crippen LogP contribution is 2.19. The fraction of sp³-hybridized carbons (Fsp3) is 0.694. The van der Waals surface area contributed by atoms with Gasteiger partial charge >= 0.3 is 65.7 Å². The van der Waals surface area contributed by atoms with Crippen LogP contribution < -0.4 is 59.3 Å². The molecule has 24 N–H and O–H groups in total. The lowest BCUT2D eigenvalue weighted by atomic mass is 9.93. The van der Waals surface area contributed by atoms with Gasteiger partial charge in [0.25, 0.3) is 0 Å². The Morgan fingerprint density at radius 1 is 0.278 bits per heavy atom. The summed E-state index contributed by atoms with van der Waals surface area (Å²) >= 11 is 0. The standard InChI is InChI=1S/C12H23NO2.C9H11NO2.C9H17NO2.C8H15NO2.C6H11NO2.C5H10N2O3.C5H9NO4.C4H8N2O3.C4H7NO4/c14-12(15)10-13-11-8-6-4-2-1-3-5-7-9-11;11-9(12)7-10-6-8-4-2-1-3-5-8;11-9(12)7-10-8-5-3-1-2-4-6-8;10-8(11)6-9-7-4-2-1-3-5-7;8-6(9)4-7-5-2-1-3-5;6-4(8)1-2-7-3-5(9)10;7-4(8)1-2-6-3-5(9)10;5-3(7)1-6-2-4(8)9;6-3(7)1-5-2-4(8)9/h11,13H,1-10H2,(H,14,15);1-5,10H,6-7H2,(H,11,12);8,10H,1-7H2,(H,11,12);7,9H,1-6H2,(H,10,11);5,7H,1-4H2,(H,8,9);7H,1-3H2,(H2,6,8)(H,9,10);6H,1-3H2,(H,7,8)(H,9,10);6H,1-2H2,(H2,5,7)(H,8,9);5H,1-2H2,(H,6,7)(H,8,9). The third-order valence-electron chi connectivity index (χ3n) is 13.5. The van der Waals surface area contributed by atoms with E-state index in [1.807, 2.05) is 30.3 Å². The molecule has 558 valence electrons. The van der Waals surface area contributed by atoms with Crippen LogP contribution >= 0.6 is 0 Å². The number of amides is 2. The Morgan fingerprint density at radius 3 is 0.784 bits per heavy atom. The highest BCUT2D eigenvalue weighted by molar-refractivity contribution is 5.77. The third kappa shape index (κ3) is 86.0. The molecule has 4 fully saturated rings. The quantitative estimate of drug-likeness (QED) is 0.0331. The Hall–Kier alpha value is -8.03. The van der Waals surface area contributed by atoms with Crippen LogP contribution in [-0.2, 0) is 68.9 Å². The van der Waals surface area contributed by atoms with Crippen molar-refractivity contribution in [2.24, 2.45) is 11.5 Å². The van der Waals surface area contributed by atoms with E-state index in [-0.39, 0.29) is 91.4 Å². The molecule has 5 rings (SSSR count). The maximum absolute atomic E-state index is 10.5. The molecule has 35 heteroatoms. The summed E-state index contributed by atoms with van der Waals surface area (Å²) in [5.41, 5.74) is 10.6. The number of hydrogen-bond acceptors (Lipinski definition) is 22. The largest absolute Gasteiger partial charge is 0.481 e. The van der Waals surface area contributed by atoms with Crippen molar-refractivity contribution in [2.45, 2.75) is 191 Å². The first kappa shape index (κ1) is 95.4. The van der Waals surface area contributed by atoms with Crippen LogP contribution in [0, 0.1) is 0 Å². The first-order valence-electron chi connectivity index (χ1n) is 32.4. The summed E-state index contributed by atoms with van der Waals surface area (Å²) in [6.45, 7) is 0.324. The second kappa shape index (κ2) is 67.9. The minimum atomic E-state index is -1.06. The summed E-state index contributed by atoms with van der Waals surface area (Å²) in [5, 5.41) is 115. The molecule has 0 bridgehead atoms. The van der Waals surface area contributed by atoms with Crippen LogP contribution in [0.3, 0.4) is 0 Å². The molecular weight excluding hydrogens is 1280 g/mol. The van der Waals surface area contributed by atoms with Gasteiger partial charge in [-0.05, 0) is 56.9 Å². The molecule has 0 spiro atoms. The molecule has 0 aromatic heterocycles. The van der Waals surface area contributed by atoms with E-state index in [0.717, 1.165) is 56.9 Å². The number of nitrogens with two attached hydrogens (primary N) is 2. The SMILES string of the molecule is NC(=O)CCNCC(=O)O.NC(=O)CNCC(=O)O.O=C(O)CCNCC(=O)O.O=C(O)CNC1CCC1.O=C(O)CNC1CCCCC1.O=C(O)CNC1CCCCCC1.O=C(O)CNC1CCCCCCCCC1.O=C(O)CNCC(=O)O.O=C(O)CNCc1ccccc1. The van der Waals surface area contributed by atoms with E-state index in [0.29, 0.717) is 37.3 Å². The first-order chi connectivity index (χ1) is 45.9. The van der Waals surface area contributed by atoms with Gasteiger partial charge in [-0.2, -0.15) is 0 Å². The monoisotopic (exact) mass is 1390 g/mol. The van der Waals surface area contributed by atoms with E-state index >= 15 is 0 Å². The Balaban J connectivity index is -0.000000504. The Morgan fingerprint density at radius 2 is 0.526 bits per heavy atom. The van der Waals surface area contributed by atoms with Crippen molar-refractivity contribution < 1.29 is 119 Å². The Bertz CT molecular complexity index is 2180. The first-order valence-corrected chi connectivity index (χ1v) is 32.4. The Labute approximate surface area is 565 Å². The summed E-state index contributed by atoms with van der Waals surface area (Å²) in [4.78, 5) is 130. The number of carboxylic acids is 11. The fourth-order valence-electron chi connectivity index (χ4n) is 8.62. The topological polar surface area (TPSA) is 605 Å². The molecule has 0 unspecified atom stereocenters. The molecule has 1 aromatic carbocycles. The van der Waals surface area contributed by atoms with Crippen LogP contribution in [0.1, 0.15) is 166 Å². The summed E-state index contributed by atoms with van der Waals surface area (Å²) in [5.74, 6) is -10.8. The lowest BCUT2D eigenvalue weighted by molar-refractivity contribution is -0.139. The van der Waals surface area contributed by atoms with Crippen molar-refractivity contribution in [3.05, 3.63) is 35.9 Å². The van der Waals surface area contributed by atoms with Gasteiger partial charge in [0.2, 0.25) is 11.8 Å². The van der Waals surface area contributed by atoms with Gasteiger partial charge in [-0.1, -0.05) is 127 Å². The van der Waals surface area contributed by atoms with E-state index < -0.39 is 77.5 Å². The molecule has 0 atom stereocenters. The zero-order valence-electron chi connectivity index (χ0n) is 55.7. The number of hydrogen-bond donors (Lipinski definition) is 22. The van der Waals surface area contributed by atoms with Gasteiger partial charge in [-0.25, -0.2) is 0 Å². The predicted molar refractivity (Wildman–Crippen MR) is 355 cm³/mol. The fourth-order valence-corrected chi connectivity index (χ4v) is 8.62. The molecule has 2 amide bonds. The van der Waals surface area contributed by atoms with Gasteiger partial charge in [-0.3, -0.25) is 73.0 Å². The molecule has 0 radical (unpaired) electrons. The lowest BCUT2D eigenvalue weighted by Crippen LogP contribution is -2.38. The van der Waals surface area contributed by atoms with Crippen molar-refractivity contribution in [3.8, 4) is 0 Å². The molecule has 0 saturated heterocycles. The predicted octanol–water partition coefficient (Wildman–Crippen LogP) is 0.567. The number of aliphatic carboxylic acids is 11. The van der Waals surface area contributed by atoms with Crippen molar-refractivity contribution in [2.75, 3.05) is 85.1 Å². The number of carbonyl (C=O) groups excluding carboxylic acids is 2. The van der Waals surface area contributed by atoms with Crippen LogP contribution in [0.4, 0.5) is 0 Å². The number of nitrogens with one attached hydrogen (secondary N) is 9. The second-order valence-electron chi connectivity index (χ2n) is 22.3. The van der Waals surface area contributed by atoms with Crippen LogP contribution in [0.25, 0.3) is 0 Å². The van der Waals surface area contributed by atoms with E-state index in [4.69, 9.17) is 61.9 Å². The summed E-state index contributed by atoms with van der Waals surface area (Å²) in [7, 11) is 0. The highest BCUT2D eigenvalue weighted by Gasteiger charge is 2.17. The highest BCUT2D eigenvalue weighted by atomic mass is 16.4. The van der Waals surface area contributed by atoms with E-state index in [1.165, 1.54) is 96.3 Å². The van der Waals surface area contributed by atoms with Crippen LogP contribution in [0.5, 0.6) is 0 Å². The molecule has 0 heterocycles. The van der Waals surface area contributed by atoms with Crippen LogP contribution in [-0.4, -0.2) is 243 Å². The number of carbonyl (C=O) groups is 13. The van der Waals surface area contributed by atoms with Gasteiger partial charge < -0.3 is 105 Å². The number of primary amides is 2. The number of benzene rings is 1. The molecule has 4 aliphatic carbocycles. The zero-order chi connectivity index (χ0) is 73.9. The van der Waals surface area contributed by atoms with Crippen LogP contribution in [0.15, 0.2) is 30.3 Å². The maximum atomic E-state index is 10.5. The minimum Gasteiger partial charge on any atom is -0.481 e. The molecule has 1 aromatic rings. The third-order valence-corrected chi connectivity index (χ3v) is 13.5. The second-order valence-corrected chi connectivity index (χ2v) is 22.3. The summed E-state index contributed by atoms with van der Waals surface area (Å²) in [6, 6.07) is 11.5. The summed E-state index contributed by atoms with van der Waals surface area (Å²) in [6.07, 6.45) is 28.7. The van der Waals surface area contributed by atoms with E-state index in [9.17, 15) is 62.3 Å². The molecule has 0 aliphatic heterocycles. The van der Waals surface area contributed by atoms with Gasteiger partial charge in [0.1, 0.15) is 0 Å². The van der Waals surface area contributed by atoms with Gasteiger partial charge in [0.05, 0.1) is 78.4 Å².